The van der Waals surface area contributed by atoms with Gasteiger partial charge < -0.3 is 11.2 Å². The third kappa shape index (κ3) is 3.46. The van der Waals surface area contributed by atoms with Gasteiger partial charge >= 0.3 is 0 Å². The van der Waals surface area contributed by atoms with Crippen LogP contribution in [-0.2, 0) is 9.84 Å². The van der Waals surface area contributed by atoms with Crippen LogP contribution in [0.4, 0.5) is 11.4 Å². The maximum Gasteiger partial charge on any atom is 0.206 e. The smallest absolute Gasteiger partial charge is 0.206 e. The number of benzene rings is 4. The molecule has 0 bridgehead atoms. The second-order valence-electron chi connectivity index (χ2n) is 7.47. The summed E-state index contributed by atoms with van der Waals surface area (Å²) in [6, 6.07) is 29.6. The number of hydrogen-bond acceptors (Lipinski definition) is 5. The Balaban J connectivity index is 1.36. The predicted octanol–water partition coefficient (Wildman–Crippen LogP) is 4.79. The van der Waals surface area contributed by atoms with Gasteiger partial charge in [-0.3, -0.25) is 0 Å². The molecule has 1 aliphatic carbocycles. The van der Waals surface area contributed by atoms with Crippen molar-refractivity contribution in [3.63, 3.8) is 0 Å². The normalized spacial score (nSPS) is 12.9. The number of anilines is 2. The molecule has 0 aliphatic heterocycles. The van der Waals surface area contributed by atoms with Crippen molar-refractivity contribution in [1.82, 2.24) is 5.43 Å². The van der Waals surface area contributed by atoms with Gasteiger partial charge in [0.05, 0.1) is 15.8 Å². The van der Waals surface area contributed by atoms with Crippen LogP contribution < -0.4 is 16.6 Å². The number of sulfone groups is 1. The van der Waals surface area contributed by atoms with Crippen LogP contribution in [0, 0.1) is 0 Å². The molecule has 0 radical (unpaired) electrons. The van der Waals surface area contributed by atoms with Crippen molar-refractivity contribution in [1.29, 1.82) is 0 Å². The SMILES string of the molecule is Nc1ccc(S(=O)(=O)c2ccc(NNC3c4ccccc4-c4ccccc43)cc2)cc1. The van der Waals surface area contributed by atoms with Crippen LogP contribution >= 0.6 is 0 Å². The van der Waals surface area contributed by atoms with Crippen LogP contribution in [0.25, 0.3) is 11.1 Å². The van der Waals surface area contributed by atoms with Gasteiger partial charge in [0.25, 0.3) is 0 Å². The summed E-state index contributed by atoms with van der Waals surface area (Å²) in [7, 11) is -3.59. The fourth-order valence-corrected chi connectivity index (χ4v) is 5.23. The van der Waals surface area contributed by atoms with Crippen molar-refractivity contribution in [2.45, 2.75) is 15.8 Å². The molecule has 0 amide bonds. The topological polar surface area (TPSA) is 84.2 Å². The largest absolute Gasteiger partial charge is 0.399 e. The van der Waals surface area contributed by atoms with E-state index < -0.39 is 9.84 Å². The van der Waals surface area contributed by atoms with Crippen molar-refractivity contribution in [2.24, 2.45) is 0 Å². The van der Waals surface area contributed by atoms with Gasteiger partial charge in [-0.2, -0.15) is 0 Å². The summed E-state index contributed by atoms with van der Waals surface area (Å²) in [5.41, 5.74) is 18.5. The van der Waals surface area contributed by atoms with Crippen molar-refractivity contribution >= 4 is 21.2 Å². The molecule has 4 N–H and O–H groups in total. The third-order valence-electron chi connectivity index (χ3n) is 5.55. The molecule has 0 fully saturated rings. The van der Waals surface area contributed by atoms with Crippen LogP contribution in [-0.4, -0.2) is 8.42 Å². The first-order valence-corrected chi connectivity index (χ1v) is 11.4. The minimum atomic E-state index is -3.59. The van der Waals surface area contributed by atoms with Gasteiger partial charge in [0.2, 0.25) is 9.84 Å². The first kappa shape index (κ1) is 19.4. The van der Waals surface area contributed by atoms with Crippen LogP contribution in [0.2, 0.25) is 0 Å². The molecule has 31 heavy (non-hydrogen) atoms. The van der Waals surface area contributed by atoms with Gasteiger partial charge in [0, 0.05) is 11.4 Å². The number of hydrazine groups is 1. The zero-order valence-corrected chi connectivity index (χ0v) is 17.4. The van der Waals surface area contributed by atoms with E-state index in [1.54, 1.807) is 36.4 Å². The molecule has 4 aromatic carbocycles. The zero-order chi connectivity index (χ0) is 21.4. The highest BCUT2D eigenvalue weighted by molar-refractivity contribution is 7.91. The molecule has 0 unspecified atom stereocenters. The van der Waals surface area contributed by atoms with E-state index >= 15 is 0 Å². The average molecular weight is 428 g/mol. The van der Waals surface area contributed by atoms with E-state index in [1.807, 2.05) is 24.3 Å². The van der Waals surface area contributed by atoms with Gasteiger partial charge in [-0.05, 0) is 70.8 Å². The second-order valence-corrected chi connectivity index (χ2v) is 9.42. The summed E-state index contributed by atoms with van der Waals surface area (Å²) in [6.07, 6.45) is 0. The van der Waals surface area contributed by atoms with Gasteiger partial charge in [-0.1, -0.05) is 48.5 Å². The monoisotopic (exact) mass is 427 g/mol. The fourth-order valence-electron chi connectivity index (χ4n) is 3.97. The lowest BCUT2D eigenvalue weighted by molar-refractivity contribution is 0.596. The number of hydrogen-bond donors (Lipinski definition) is 3. The summed E-state index contributed by atoms with van der Waals surface area (Å²) in [5.74, 6) is 0. The van der Waals surface area contributed by atoms with Gasteiger partial charge in [-0.25, -0.2) is 13.8 Å². The van der Waals surface area contributed by atoms with E-state index in [-0.39, 0.29) is 15.8 Å². The molecule has 0 atom stereocenters. The van der Waals surface area contributed by atoms with E-state index in [2.05, 4.69) is 35.1 Å². The van der Waals surface area contributed by atoms with Crippen LogP contribution in [0.3, 0.4) is 0 Å². The Morgan fingerprint density at radius 3 is 1.68 bits per heavy atom. The van der Waals surface area contributed by atoms with E-state index in [4.69, 9.17) is 5.73 Å². The molecule has 4 aromatic rings. The first-order valence-electron chi connectivity index (χ1n) is 9.94. The molecule has 154 valence electrons. The summed E-state index contributed by atoms with van der Waals surface area (Å²) in [5, 5.41) is 0. The molecule has 1 aliphatic rings. The maximum absolute atomic E-state index is 12.8. The standard InChI is InChI=1S/C25H21N3O2S/c26-17-9-13-19(14-10-17)31(29,30)20-15-11-18(12-16-20)27-28-25-23-7-3-1-5-21(23)22-6-2-4-8-24(22)25/h1-16,25,27-28H,26H2. The van der Waals surface area contributed by atoms with Gasteiger partial charge in [-0.15, -0.1) is 0 Å². The second kappa shape index (κ2) is 7.58. The summed E-state index contributed by atoms with van der Waals surface area (Å²) < 4.78 is 25.6. The van der Waals surface area contributed by atoms with Gasteiger partial charge in [0.15, 0.2) is 0 Å². The van der Waals surface area contributed by atoms with Crippen LogP contribution in [0.15, 0.2) is 107 Å². The van der Waals surface area contributed by atoms with Gasteiger partial charge in [0.1, 0.15) is 0 Å². The van der Waals surface area contributed by atoms with E-state index in [1.165, 1.54) is 34.4 Å². The van der Waals surface area contributed by atoms with E-state index in [0.717, 1.165) is 5.69 Å². The Morgan fingerprint density at radius 2 is 1.13 bits per heavy atom. The fraction of sp³-hybridized carbons (Fsp3) is 0.0400. The number of nitrogen functional groups attached to an aromatic ring is 1. The Kier molecular flexibility index (Phi) is 4.73. The molecule has 0 saturated heterocycles. The van der Waals surface area contributed by atoms with Crippen LogP contribution in [0.5, 0.6) is 0 Å². The molecular weight excluding hydrogens is 406 g/mol. The lowest BCUT2D eigenvalue weighted by Gasteiger charge is -2.18. The number of rotatable bonds is 5. The highest BCUT2D eigenvalue weighted by Crippen LogP contribution is 2.42. The molecule has 0 heterocycles. The molecule has 0 spiro atoms. The van der Waals surface area contributed by atoms with Crippen molar-refractivity contribution in [3.8, 4) is 11.1 Å². The Bertz CT molecular complexity index is 1300. The predicted molar refractivity (Wildman–Crippen MR) is 123 cm³/mol. The average Bonchev–Trinajstić information content (AvgIpc) is 3.12. The van der Waals surface area contributed by atoms with Crippen molar-refractivity contribution in [3.05, 3.63) is 108 Å². The highest BCUT2D eigenvalue weighted by Gasteiger charge is 2.27. The lowest BCUT2D eigenvalue weighted by Crippen LogP contribution is -2.26. The quantitative estimate of drug-likeness (QED) is 0.315. The lowest BCUT2D eigenvalue weighted by atomic mass is 10.1. The number of fused-ring (bicyclic) bond motifs is 3. The molecule has 6 heteroatoms. The van der Waals surface area contributed by atoms with Crippen molar-refractivity contribution in [2.75, 3.05) is 11.2 Å². The molecule has 0 saturated carbocycles. The minimum Gasteiger partial charge on any atom is -0.399 e. The molecule has 5 nitrogen and oxygen atoms in total. The summed E-state index contributed by atoms with van der Waals surface area (Å²) in [6.45, 7) is 0. The Labute approximate surface area is 181 Å². The molecular formula is C25H21N3O2S. The Hall–Kier alpha value is -3.61. The number of nitrogens with two attached hydrogens (primary N) is 1. The maximum atomic E-state index is 12.8. The zero-order valence-electron chi connectivity index (χ0n) is 16.6. The highest BCUT2D eigenvalue weighted by atomic mass is 32.2. The first-order chi connectivity index (χ1) is 15.0. The molecule has 0 aromatic heterocycles. The number of nitrogens with one attached hydrogen (secondary N) is 2. The molecule has 5 rings (SSSR count). The Morgan fingerprint density at radius 1 is 0.645 bits per heavy atom. The van der Waals surface area contributed by atoms with Crippen LogP contribution in [0.1, 0.15) is 17.2 Å². The summed E-state index contributed by atoms with van der Waals surface area (Å²) >= 11 is 0. The third-order valence-corrected chi connectivity index (χ3v) is 7.34. The van der Waals surface area contributed by atoms with E-state index in [0.29, 0.717) is 5.69 Å². The van der Waals surface area contributed by atoms with E-state index in [9.17, 15) is 8.42 Å². The van der Waals surface area contributed by atoms with Crippen molar-refractivity contribution < 1.29 is 8.42 Å². The summed E-state index contributed by atoms with van der Waals surface area (Å²) in [4.78, 5) is 0.457. The minimum absolute atomic E-state index is 0.00517.